The van der Waals surface area contributed by atoms with Crippen molar-refractivity contribution in [2.45, 2.75) is 38.5 Å². The van der Waals surface area contributed by atoms with Gasteiger partial charge < -0.3 is 0 Å². The first-order chi connectivity index (χ1) is 10.8. The highest BCUT2D eigenvalue weighted by atomic mass is 14.3. The maximum Gasteiger partial charge on any atom is 0.00386 e. The Bertz CT molecular complexity index is 777. The van der Waals surface area contributed by atoms with Crippen molar-refractivity contribution in [3.63, 3.8) is 0 Å². The van der Waals surface area contributed by atoms with Crippen molar-refractivity contribution in [1.82, 2.24) is 0 Å². The largest absolute Gasteiger partial charge is 0.0763 e. The molecule has 0 amide bonds. The molecule has 0 spiro atoms. The van der Waals surface area contributed by atoms with E-state index in [1.165, 1.54) is 39.8 Å². The molecule has 2 aromatic carbocycles. The van der Waals surface area contributed by atoms with Crippen LogP contribution in [0, 0.1) is 6.92 Å². The molecule has 110 valence electrons. The van der Waals surface area contributed by atoms with Gasteiger partial charge in [0.1, 0.15) is 0 Å². The van der Waals surface area contributed by atoms with Crippen LogP contribution < -0.4 is 0 Å². The Morgan fingerprint density at radius 2 is 1.73 bits per heavy atom. The molecule has 2 aliphatic carbocycles. The van der Waals surface area contributed by atoms with Gasteiger partial charge in [0.25, 0.3) is 0 Å². The fourth-order valence-corrected chi connectivity index (χ4v) is 4.13. The summed E-state index contributed by atoms with van der Waals surface area (Å²) in [5, 5.41) is 0. The Hall–Kier alpha value is -2.08. The Kier molecular flexibility index (Phi) is 3.26. The average Bonchev–Trinajstić information content (AvgIpc) is 3.13. The van der Waals surface area contributed by atoms with Crippen LogP contribution in [0.1, 0.15) is 58.6 Å². The molecule has 2 aliphatic rings. The summed E-state index contributed by atoms with van der Waals surface area (Å²) in [6.07, 6.45) is 11.8. The van der Waals surface area contributed by atoms with Crippen LogP contribution in [0.5, 0.6) is 0 Å². The second-order valence-corrected chi connectivity index (χ2v) is 6.52. The second kappa shape index (κ2) is 5.28. The van der Waals surface area contributed by atoms with E-state index < -0.39 is 0 Å². The molecule has 0 heterocycles. The molecule has 0 aromatic heterocycles. The summed E-state index contributed by atoms with van der Waals surface area (Å²) in [6.45, 7) is 4.49. The van der Waals surface area contributed by atoms with Crippen LogP contribution in [0.15, 0.2) is 48.6 Å². The summed E-state index contributed by atoms with van der Waals surface area (Å²) >= 11 is 0. The molecule has 0 saturated heterocycles. The molecule has 22 heavy (non-hydrogen) atoms. The molecule has 0 radical (unpaired) electrons. The van der Waals surface area contributed by atoms with Crippen LogP contribution in [0.4, 0.5) is 0 Å². The predicted octanol–water partition coefficient (Wildman–Crippen LogP) is 5.87. The van der Waals surface area contributed by atoms with E-state index in [1.807, 2.05) is 0 Å². The molecule has 0 bridgehead atoms. The first-order valence-electron chi connectivity index (χ1n) is 8.35. The van der Waals surface area contributed by atoms with Gasteiger partial charge in [0.15, 0.2) is 0 Å². The van der Waals surface area contributed by atoms with E-state index in [1.54, 1.807) is 0 Å². The van der Waals surface area contributed by atoms with E-state index >= 15 is 0 Å². The highest BCUT2D eigenvalue weighted by Crippen LogP contribution is 2.43. The lowest BCUT2D eigenvalue weighted by molar-refractivity contribution is 0.683. The van der Waals surface area contributed by atoms with Gasteiger partial charge in [0.05, 0.1) is 0 Å². The van der Waals surface area contributed by atoms with Crippen molar-refractivity contribution >= 4 is 12.2 Å². The summed E-state index contributed by atoms with van der Waals surface area (Å²) < 4.78 is 0. The summed E-state index contributed by atoms with van der Waals surface area (Å²) in [5.41, 5.74) is 8.86. The van der Waals surface area contributed by atoms with Gasteiger partial charge in [-0.25, -0.2) is 0 Å². The number of hydrogen-bond acceptors (Lipinski definition) is 0. The first-order valence-corrected chi connectivity index (χ1v) is 8.35. The van der Waals surface area contributed by atoms with E-state index in [0.717, 1.165) is 6.42 Å². The molecule has 4 rings (SSSR count). The molecule has 0 saturated carbocycles. The molecule has 2 atom stereocenters. The van der Waals surface area contributed by atoms with Crippen molar-refractivity contribution in [2.24, 2.45) is 0 Å². The molecule has 0 aliphatic heterocycles. The lowest BCUT2D eigenvalue weighted by atomic mass is 9.85. The van der Waals surface area contributed by atoms with Crippen molar-refractivity contribution < 1.29 is 0 Å². The molecule has 2 unspecified atom stereocenters. The zero-order valence-corrected chi connectivity index (χ0v) is 13.3. The topological polar surface area (TPSA) is 0 Å². The molecule has 0 N–H and O–H groups in total. The fraction of sp³-hybridized carbons (Fsp3) is 0.273. The predicted molar refractivity (Wildman–Crippen MR) is 95.2 cm³/mol. The minimum absolute atomic E-state index is 0.557. The number of aryl methyl sites for hydroxylation is 2. The summed E-state index contributed by atoms with van der Waals surface area (Å²) in [7, 11) is 0. The highest BCUT2D eigenvalue weighted by molar-refractivity contribution is 5.67. The van der Waals surface area contributed by atoms with Crippen molar-refractivity contribution in [1.29, 1.82) is 0 Å². The molecule has 2 aromatic rings. The quantitative estimate of drug-likeness (QED) is 0.662. The van der Waals surface area contributed by atoms with Gasteiger partial charge in [-0.05, 0) is 53.1 Å². The normalized spacial score (nSPS) is 21.2. The molecule has 0 heteroatoms. The minimum Gasteiger partial charge on any atom is -0.0763 e. The van der Waals surface area contributed by atoms with E-state index in [-0.39, 0.29) is 0 Å². The Labute approximate surface area is 133 Å². The van der Waals surface area contributed by atoms with Crippen LogP contribution in [0.25, 0.3) is 12.2 Å². The van der Waals surface area contributed by atoms with E-state index in [9.17, 15) is 0 Å². The standard InChI is InChI=1S/C22H22/c1-3-16-7-5-9-20-18(12-13-21(16)20)14-19-11-10-17-8-4-6-15(2)22(17)19/h4-13,18-19H,3,14H2,1-2H3. The minimum atomic E-state index is 0.557. The lowest BCUT2D eigenvalue weighted by Gasteiger charge is -2.19. The Morgan fingerprint density at radius 1 is 0.909 bits per heavy atom. The van der Waals surface area contributed by atoms with Crippen LogP contribution in [0.2, 0.25) is 0 Å². The average molecular weight is 286 g/mol. The third-order valence-electron chi connectivity index (χ3n) is 5.25. The molecular weight excluding hydrogens is 264 g/mol. The third kappa shape index (κ3) is 2.06. The van der Waals surface area contributed by atoms with Gasteiger partial charge in [0.2, 0.25) is 0 Å². The highest BCUT2D eigenvalue weighted by Gasteiger charge is 2.26. The monoisotopic (exact) mass is 286 g/mol. The number of allylic oxidation sites excluding steroid dienone is 2. The van der Waals surface area contributed by atoms with Crippen molar-refractivity contribution in [3.8, 4) is 0 Å². The summed E-state index contributed by atoms with van der Waals surface area (Å²) in [6, 6.07) is 13.5. The fourth-order valence-electron chi connectivity index (χ4n) is 4.13. The van der Waals surface area contributed by atoms with Gasteiger partial charge in [0, 0.05) is 11.8 Å². The van der Waals surface area contributed by atoms with Crippen LogP contribution in [-0.4, -0.2) is 0 Å². The smallest absolute Gasteiger partial charge is 0.00386 e. The maximum atomic E-state index is 2.41. The van der Waals surface area contributed by atoms with E-state index in [2.05, 4.69) is 74.5 Å². The van der Waals surface area contributed by atoms with Gasteiger partial charge in [-0.2, -0.15) is 0 Å². The molecule has 0 fully saturated rings. The van der Waals surface area contributed by atoms with Crippen molar-refractivity contribution in [2.75, 3.05) is 0 Å². The zero-order valence-electron chi connectivity index (χ0n) is 13.3. The van der Waals surface area contributed by atoms with Crippen LogP contribution >= 0.6 is 0 Å². The SMILES string of the molecule is CCc1cccc2c1C=CC2CC1C=Cc2cccc(C)c21. The third-order valence-corrected chi connectivity index (χ3v) is 5.25. The second-order valence-electron chi connectivity index (χ2n) is 6.52. The van der Waals surface area contributed by atoms with Gasteiger partial charge >= 0.3 is 0 Å². The van der Waals surface area contributed by atoms with Crippen molar-refractivity contribution in [3.05, 3.63) is 81.9 Å². The molecule has 0 nitrogen and oxygen atoms in total. The van der Waals surface area contributed by atoms with E-state index in [0.29, 0.717) is 11.8 Å². The van der Waals surface area contributed by atoms with Crippen LogP contribution in [-0.2, 0) is 6.42 Å². The van der Waals surface area contributed by atoms with Crippen LogP contribution in [0.3, 0.4) is 0 Å². The zero-order chi connectivity index (χ0) is 15.1. The number of benzene rings is 2. The summed E-state index contributed by atoms with van der Waals surface area (Å²) in [4.78, 5) is 0. The number of fused-ring (bicyclic) bond motifs is 2. The first kappa shape index (κ1) is 13.6. The van der Waals surface area contributed by atoms with Gasteiger partial charge in [-0.15, -0.1) is 0 Å². The number of hydrogen-bond donors (Lipinski definition) is 0. The van der Waals surface area contributed by atoms with Gasteiger partial charge in [-0.1, -0.05) is 67.6 Å². The Balaban J connectivity index is 1.64. The number of rotatable bonds is 3. The summed E-state index contributed by atoms with van der Waals surface area (Å²) in [5.74, 6) is 1.11. The lowest BCUT2D eigenvalue weighted by Crippen LogP contribution is -2.03. The molecular formula is C22H22. The maximum absolute atomic E-state index is 2.41. The Morgan fingerprint density at radius 3 is 2.59 bits per heavy atom. The van der Waals surface area contributed by atoms with Gasteiger partial charge in [-0.3, -0.25) is 0 Å². The van der Waals surface area contributed by atoms with E-state index in [4.69, 9.17) is 0 Å².